The summed E-state index contributed by atoms with van der Waals surface area (Å²) in [6.45, 7) is 0. The molecule has 3 heterocycles. The van der Waals surface area contributed by atoms with Gasteiger partial charge < -0.3 is 13.7 Å². The van der Waals surface area contributed by atoms with Crippen molar-refractivity contribution in [3.8, 4) is 39.3 Å². The van der Waals surface area contributed by atoms with Crippen molar-refractivity contribution in [1.29, 1.82) is 0 Å². The van der Waals surface area contributed by atoms with Crippen molar-refractivity contribution in [2.75, 3.05) is 0 Å². The van der Waals surface area contributed by atoms with Crippen LogP contribution < -0.4 is 0 Å². The predicted octanol–water partition coefficient (Wildman–Crippen LogP) is 14.3. The molecule has 9 aromatic carbocycles. The number of hydrogen-bond acceptors (Lipinski definition) is 0. The van der Waals surface area contributed by atoms with Crippen LogP contribution in [0.25, 0.3) is 105 Å². The molecule has 0 saturated carbocycles. The SMILES string of the molecule is c1ccc(-c2cccc3c4c5c6ccccc6n(-c6ccccc6)c5ccc4n(-c4ccccc4-c4ccc5c(c4)c4ccccc4n5-c4ccccc4)c23)cc1. The number of nitrogens with zero attached hydrogens (tertiary/aromatic N) is 3. The van der Waals surface area contributed by atoms with Gasteiger partial charge >= 0.3 is 0 Å². The summed E-state index contributed by atoms with van der Waals surface area (Å²) in [6, 6.07) is 77.4. The third kappa shape index (κ3) is 4.66. The molecule has 0 bridgehead atoms. The molecule has 12 rings (SSSR count). The average molecular weight is 726 g/mol. The lowest BCUT2D eigenvalue weighted by Crippen LogP contribution is -1.99. The van der Waals surface area contributed by atoms with Crippen LogP contribution in [0.4, 0.5) is 0 Å². The Morgan fingerprint density at radius 2 is 0.754 bits per heavy atom. The van der Waals surface area contributed by atoms with Gasteiger partial charge in [0.1, 0.15) is 0 Å². The fraction of sp³-hybridized carbons (Fsp3) is 0. The lowest BCUT2D eigenvalue weighted by atomic mass is 9.99. The highest BCUT2D eigenvalue weighted by Gasteiger charge is 2.24. The molecule has 0 saturated heterocycles. The molecular formula is C54H35N3. The van der Waals surface area contributed by atoms with Gasteiger partial charge in [0, 0.05) is 54.8 Å². The van der Waals surface area contributed by atoms with Gasteiger partial charge in [0.2, 0.25) is 0 Å². The molecule has 0 aliphatic rings. The molecule has 0 aliphatic carbocycles. The molecule has 0 spiro atoms. The molecule has 0 fully saturated rings. The van der Waals surface area contributed by atoms with Crippen LogP contribution in [-0.2, 0) is 0 Å². The second-order valence-corrected chi connectivity index (χ2v) is 14.9. The molecule has 3 nitrogen and oxygen atoms in total. The van der Waals surface area contributed by atoms with Gasteiger partial charge in [0.05, 0.1) is 38.8 Å². The van der Waals surface area contributed by atoms with E-state index in [1.54, 1.807) is 0 Å². The third-order valence-corrected chi connectivity index (χ3v) is 11.8. The summed E-state index contributed by atoms with van der Waals surface area (Å²) in [5, 5.41) is 7.51. The maximum Gasteiger partial charge on any atom is 0.0619 e. The number of fused-ring (bicyclic) bond motifs is 10. The molecule has 0 atom stereocenters. The molecule has 12 aromatic rings. The van der Waals surface area contributed by atoms with E-state index in [0.717, 1.165) is 17.1 Å². The van der Waals surface area contributed by atoms with Crippen LogP contribution in [0.3, 0.4) is 0 Å². The fourth-order valence-electron chi connectivity index (χ4n) is 9.48. The smallest absolute Gasteiger partial charge is 0.0619 e. The van der Waals surface area contributed by atoms with Crippen molar-refractivity contribution in [2.24, 2.45) is 0 Å². The monoisotopic (exact) mass is 725 g/mol. The molecule has 0 unspecified atom stereocenters. The highest BCUT2D eigenvalue weighted by Crippen LogP contribution is 2.46. The van der Waals surface area contributed by atoms with E-state index in [2.05, 4.69) is 226 Å². The molecule has 0 aliphatic heterocycles. The van der Waals surface area contributed by atoms with E-state index >= 15 is 0 Å². The number of hydrogen-bond donors (Lipinski definition) is 0. The number of para-hydroxylation sites is 6. The van der Waals surface area contributed by atoms with Crippen LogP contribution in [0, 0.1) is 0 Å². The summed E-state index contributed by atoms with van der Waals surface area (Å²) < 4.78 is 7.34. The molecule has 3 aromatic heterocycles. The van der Waals surface area contributed by atoms with Crippen LogP contribution in [0.15, 0.2) is 212 Å². The average Bonchev–Trinajstić information content (AvgIpc) is 3.93. The van der Waals surface area contributed by atoms with Gasteiger partial charge in [-0.15, -0.1) is 0 Å². The zero-order valence-corrected chi connectivity index (χ0v) is 31.0. The summed E-state index contributed by atoms with van der Waals surface area (Å²) in [6.07, 6.45) is 0. The Labute approximate surface area is 329 Å². The lowest BCUT2D eigenvalue weighted by Gasteiger charge is -2.16. The topological polar surface area (TPSA) is 14.8 Å². The Kier molecular flexibility index (Phi) is 6.93. The van der Waals surface area contributed by atoms with E-state index in [4.69, 9.17) is 0 Å². The second kappa shape index (κ2) is 12.5. The molecule has 3 heteroatoms. The van der Waals surface area contributed by atoms with E-state index in [0.29, 0.717) is 0 Å². The van der Waals surface area contributed by atoms with Gasteiger partial charge in [-0.1, -0.05) is 146 Å². The van der Waals surface area contributed by atoms with Crippen molar-refractivity contribution >= 4 is 65.4 Å². The Bertz CT molecular complexity index is 3500. The lowest BCUT2D eigenvalue weighted by molar-refractivity contribution is 1.17. The van der Waals surface area contributed by atoms with E-state index in [1.165, 1.54) is 87.7 Å². The summed E-state index contributed by atoms with van der Waals surface area (Å²) in [7, 11) is 0. The molecule has 0 N–H and O–H groups in total. The van der Waals surface area contributed by atoms with Crippen molar-refractivity contribution in [1.82, 2.24) is 13.7 Å². The maximum absolute atomic E-state index is 2.54. The summed E-state index contributed by atoms with van der Waals surface area (Å²) in [5.74, 6) is 0. The quantitative estimate of drug-likeness (QED) is 0.168. The number of aromatic nitrogens is 3. The van der Waals surface area contributed by atoms with Gasteiger partial charge in [-0.3, -0.25) is 0 Å². The zero-order chi connectivity index (χ0) is 37.5. The molecular weight excluding hydrogens is 691 g/mol. The standard InChI is InChI=1S/C54H35N3/c1-4-17-36(18-5-1)41-26-16-27-44-53-51(34-33-50-52(53)43-25-12-15-30-48(43)56(50)39-21-8-3-9-22-39)57(54(41)44)46-28-13-10-23-40(46)37-31-32-49-45(35-37)42-24-11-14-29-47(42)55(49)38-19-6-2-7-20-38/h1-35H. The van der Waals surface area contributed by atoms with Crippen molar-refractivity contribution in [3.63, 3.8) is 0 Å². The first kappa shape index (κ1) is 31.7. The Morgan fingerprint density at radius 3 is 1.49 bits per heavy atom. The van der Waals surface area contributed by atoms with Gasteiger partial charge in [0.15, 0.2) is 0 Å². The van der Waals surface area contributed by atoms with Crippen molar-refractivity contribution < 1.29 is 0 Å². The normalized spacial score (nSPS) is 11.9. The Balaban J connectivity index is 1.19. The zero-order valence-electron chi connectivity index (χ0n) is 31.0. The summed E-state index contributed by atoms with van der Waals surface area (Å²) in [4.78, 5) is 0. The predicted molar refractivity (Wildman–Crippen MR) is 240 cm³/mol. The van der Waals surface area contributed by atoms with Gasteiger partial charge in [0.25, 0.3) is 0 Å². The van der Waals surface area contributed by atoms with Gasteiger partial charge in [-0.05, 0) is 77.9 Å². The fourth-order valence-corrected chi connectivity index (χ4v) is 9.48. The largest absolute Gasteiger partial charge is 0.309 e. The van der Waals surface area contributed by atoms with Gasteiger partial charge in [-0.2, -0.15) is 0 Å². The van der Waals surface area contributed by atoms with Crippen LogP contribution in [0.5, 0.6) is 0 Å². The van der Waals surface area contributed by atoms with Gasteiger partial charge in [-0.25, -0.2) is 0 Å². The molecule has 57 heavy (non-hydrogen) atoms. The van der Waals surface area contributed by atoms with Crippen molar-refractivity contribution in [3.05, 3.63) is 212 Å². The first-order valence-corrected chi connectivity index (χ1v) is 19.6. The van der Waals surface area contributed by atoms with E-state index in [-0.39, 0.29) is 0 Å². The first-order chi connectivity index (χ1) is 28.3. The second-order valence-electron chi connectivity index (χ2n) is 14.9. The van der Waals surface area contributed by atoms with E-state index < -0.39 is 0 Å². The highest BCUT2D eigenvalue weighted by molar-refractivity contribution is 6.30. The van der Waals surface area contributed by atoms with Crippen LogP contribution >= 0.6 is 0 Å². The number of benzene rings is 9. The summed E-state index contributed by atoms with van der Waals surface area (Å²) in [5.41, 5.74) is 15.4. The minimum absolute atomic E-state index is 1.15. The first-order valence-electron chi connectivity index (χ1n) is 19.6. The maximum atomic E-state index is 2.54. The third-order valence-electron chi connectivity index (χ3n) is 11.8. The minimum Gasteiger partial charge on any atom is -0.309 e. The Hall–Kier alpha value is -7.62. The number of rotatable bonds is 5. The van der Waals surface area contributed by atoms with Crippen LogP contribution in [0.1, 0.15) is 0 Å². The molecule has 0 radical (unpaired) electrons. The highest BCUT2D eigenvalue weighted by atomic mass is 15.0. The van der Waals surface area contributed by atoms with Crippen LogP contribution in [0.2, 0.25) is 0 Å². The van der Waals surface area contributed by atoms with Crippen LogP contribution in [-0.4, -0.2) is 13.7 Å². The van der Waals surface area contributed by atoms with E-state index in [9.17, 15) is 0 Å². The van der Waals surface area contributed by atoms with E-state index in [1.807, 2.05) is 0 Å². The summed E-state index contributed by atoms with van der Waals surface area (Å²) >= 11 is 0. The minimum atomic E-state index is 1.15. The van der Waals surface area contributed by atoms with Crippen molar-refractivity contribution in [2.45, 2.75) is 0 Å². The molecule has 266 valence electrons. The Morgan fingerprint density at radius 1 is 0.263 bits per heavy atom. The molecule has 0 amide bonds.